The summed E-state index contributed by atoms with van der Waals surface area (Å²) < 4.78 is 6.37. The molecule has 134 valence electrons. The third kappa shape index (κ3) is 3.71. The maximum absolute atomic E-state index is 12.1. The predicted molar refractivity (Wildman–Crippen MR) is 106 cm³/mol. The number of carbonyl (C=O) groups excluding carboxylic acids is 1. The number of amides is 1. The average Bonchev–Trinajstić information content (AvgIpc) is 3.30. The van der Waals surface area contributed by atoms with Crippen LogP contribution >= 0.6 is 11.3 Å². The van der Waals surface area contributed by atoms with Crippen molar-refractivity contribution < 1.29 is 9.53 Å². The van der Waals surface area contributed by atoms with Gasteiger partial charge in [0.2, 0.25) is 5.91 Å². The normalized spacial score (nSPS) is 14.7. The molecular formula is C20H21N3O2S. The highest BCUT2D eigenvalue weighted by molar-refractivity contribution is 7.21. The van der Waals surface area contributed by atoms with Gasteiger partial charge in [-0.2, -0.15) is 0 Å². The lowest BCUT2D eigenvalue weighted by Gasteiger charge is -2.14. The van der Waals surface area contributed by atoms with Gasteiger partial charge in [-0.15, -0.1) is 11.3 Å². The minimum atomic E-state index is 0.0479. The zero-order chi connectivity index (χ0) is 17.9. The van der Waals surface area contributed by atoms with Gasteiger partial charge in [-0.1, -0.05) is 0 Å². The summed E-state index contributed by atoms with van der Waals surface area (Å²) in [4.78, 5) is 19.0. The molecule has 6 heteroatoms. The van der Waals surface area contributed by atoms with Gasteiger partial charge in [-0.25, -0.2) is 4.98 Å². The van der Waals surface area contributed by atoms with Crippen molar-refractivity contribution in [3.63, 3.8) is 0 Å². The molecule has 0 atom stereocenters. The minimum absolute atomic E-state index is 0.0479. The molecule has 1 amide bonds. The molecule has 4 rings (SSSR count). The molecule has 1 aliphatic rings. The number of hydrogen-bond donors (Lipinski definition) is 1. The third-order valence-corrected chi connectivity index (χ3v) is 5.64. The van der Waals surface area contributed by atoms with E-state index >= 15 is 0 Å². The number of carbonyl (C=O) groups is 1. The van der Waals surface area contributed by atoms with Gasteiger partial charge in [-0.3, -0.25) is 9.69 Å². The van der Waals surface area contributed by atoms with Gasteiger partial charge in [0, 0.05) is 11.3 Å². The van der Waals surface area contributed by atoms with Crippen molar-refractivity contribution in [2.75, 3.05) is 32.1 Å². The molecule has 2 aromatic carbocycles. The Morgan fingerprint density at radius 3 is 2.69 bits per heavy atom. The van der Waals surface area contributed by atoms with Gasteiger partial charge < -0.3 is 10.1 Å². The van der Waals surface area contributed by atoms with E-state index in [4.69, 9.17) is 4.74 Å². The standard InChI is InChI=1S/C20H21N3O2S/c1-25-16-8-9-17-18(12-16)26-20(22-17)14-4-6-15(7-5-14)21-19(24)13-23-10-2-3-11-23/h4-9,12H,2-3,10-11,13H2,1H3,(H,21,24). The van der Waals surface area contributed by atoms with Crippen LogP contribution in [0.5, 0.6) is 5.75 Å². The maximum Gasteiger partial charge on any atom is 0.238 e. The summed E-state index contributed by atoms with van der Waals surface area (Å²) in [6.45, 7) is 2.52. The van der Waals surface area contributed by atoms with E-state index in [-0.39, 0.29) is 5.91 Å². The van der Waals surface area contributed by atoms with Crippen LogP contribution in [0.4, 0.5) is 5.69 Å². The van der Waals surface area contributed by atoms with Crippen LogP contribution in [-0.4, -0.2) is 42.5 Å². The Hall–Kier alpha value is -2.44. The number of nitrogens with one attached hydrogen (secondary N) is 1. The molecule has 0 spiro atoms. The van der Waals surface area contributed by atoms with Gasteiger partial charge in [0.1, 0.15) is 10.8 Å². The molecule has 1 aliphatic heterocycles. The van der Waals surface area contributed by atoms with Crippen LogP contribution in [0.2, 0.25) is 0 Å². The second-order valence-electron chi connectivity index (χ2n) is 6.46. The molecule has 2 heterocycles. The molecule has 5 nitrogen and oxygen atoms in total. The molecule has 1 fully saturated rings. The fourth-order valence-electron chi connectivity index (χ4n) is 3.20. The monoisotopic (exact) mass is 367 g/mol. The summed E-state index contributed by atoms with van der Waals surface area (Å²) >= 11 is 1.64. The Labute approximate surface area is 156 Å². The van der Waals surface area contributed by atoms with E-state index in [0.29, 0.717) is 6.54 Å². The number of likely N-dealkylation sites (tertiary alicyclic amines) is 1. The molecule has 26 heavy (non-hydrogen) atoms. The van der Waals surface area contributed by atoms with Gasteiger partial charge in [0.25, 0.3) is 0 Å². The van der Waals surface area contributed by atoms with Crippen LogP contribution < -0.4 is 10.1 Å². The van der Waals surface area contributed by atoms with Gasteiger partial charge in [0.05, 0.1) is 23.9 Å². The quantitative estimate of drug-likeness (QED) is 0.740. The van der Waals surface area contributed by atoms with E-state index in [1.54, 1.807) is 18.4 Å². The molecule has 0 saturated carbocycles. The Balaban J connectivity index is 1.46. The summed E-state index contributed by atoms with van der Waals surface area (Å²) in [5.41, 5.74) is 2.83. The van der Waals surface area contributed by atoms with Crippen LogP contribution in [0.15, 0.2) is 42.5 Å². The number of nitrogens with zero attached hydrogens (tertiary/aromatic N) is 2. The Morgan fingerprint density at radius 2 is 1.96 bits per heavy atom. The van der Waals surface area contributed by atoms with E-state index in [0.717, 1.165) is 45.3 Å². The van der Waals surface area contributed by atoms with E-state index < -0.39 is 0 Å². The number of hydrogen-bond acceptors (Lipinski definition) is 5. The number of fused-ring (bicyclic) bond motifs is 1. The second-order valence-corrected chi connectivity index (χ2v) is 7.49. The topological polar surface area (TPSA) is 54.5 Å². The number of thiazole rings is 1. The van der Waals surface area contributed by atoms with Gasteiger partial charge >= 0.3 is 0 Å². The summed E-state index contributed by atoms with van der Waals surface area (Å²) in [6, 6.07) is 13.8. The van der Waals surface area contributed by atoms with E-state index in [1.165, 1.54) is 12.8 Å². The molecule has 0 aliphatic carbocycles. The fourth-order valence-corrected chi connectivity index (χ4v) is 4.20. The SMILES string of the molecule is COc1ccc2nc(-c3ccc(NC(=O)CN4CCCC4)cc3)sc2c1. The molecule has 1 N–H and O–H groups in total. The number of rotatable bonds is 5. The molecule has 3 aromatic rings. The van der Waals surface area contributed by atoms with Crippen LogP contribution in [0.3, 0.4) is 0 Å². The van der Waals surface area contributed by atoms with Crippen molar-refractivity contribution in [3.8, 4) is 16.3 Å². The van der Waals surface area contributed by atoms with E-state index in [1.807, 2.05) is 42.5 Å². The highest BCUT2D eigenvalue weighted by Gasteiger charge is 2.15. The zero-order valence-electron chi connectivity index (χ0n) is 14.7. The Bertz CT molecular complexity index is 914. The molecule has 1 aromatic heterocycles. The first kappa shape index (κ1) is 17.0. The van der Waals surface area contributed by atoms with Gasteiger partial charge in [0.15, 0.2) is 0 Å². The summed E-state index contributed by atoms with van der Waals surface area (Å²) in [5.74, 6) is 0.885. The Morgan fingerprint density at radius 1 is 1.19 bits per heavy atom. The minimum Gasteiger partial charge on any atom is -0.497 e. The second kappa shape index (κ2) is 7.43. The smallest absolute Gasteiger partial charge is 0.238 e. The maximum atomic E-state index is 12.1. The lowest BCUT2D eigenvalue weighted by molar-refractivity contribution is -0.117. The third-order valence-electron chi connectivity index (χ3n) is 4.58. The first-order valence-corrected chi connectivity index (χ1v) is 9.60. The van der Waals surface area contributed by atoms with E-state index in [2.05, 4.69) is 15.2 Å². The lowest BCUT2D eigenvalue weighted by Crippen LogP contribution is -2.30. The first-order chi connectivity index (χ1) is 12.7. The van der Waals surface area contributed by atoms with Crippen molar-refractivity contribution >= 4 is 33.1 Å². The number of aromatic nitrogens is 1. The average molecular weight is 367 g/mol. The lowest BCUT2D eigenvalue weighted by atomic mass is 10.2. The Kier molecular flexibility index (Phi) is 4.86. The molecule has 0 radical (unpaired) electrons. The van der Waals surface area contributed by atoms with Crippen molar-refractivity contribution in [2.45, 2.75) is 12.8 Å². The summed E-state index contributed by atoms with van der Waals surface area (Å²) in [5, 5.41) is 3.94. The van der Waals surface area contributed by atoms with Crippen molar-refractivity contribution in [1.82, 2.24) is 9.88 Å². The molecule has 0 bridgehead atoms. The number of methoxy groups -OCH3 is 1. The highest BCUT2D eigenvalue weighted by Crippen LogP contribution is 2.32. The zero-order valence-corrected chi connectivity index (χ0v) is 15.5. The predicted octanol–water partition coefficient (Wildman–Crippen LogP) is 4.01. The molecular weight excluding hydrogens is 346 g/mol. The number of anilines is 1. The first-order valence-electron chi connectivity index (χ1n) is 8.78. The number of benzene rings is 2. The van der Waals surface area contributed by atoms with Crippen molar-refractivity contribution in [1.29, 1.82) is 0 Å². The van der Waals surface area contributed by atoms with Crippen molar-refractivity contribution in [2.24, 2.45) is 0 Å². The molecule has 1 saturated heterocycles. The van der Waals surface area contributed by atoms with Crippen molar-refractivity contribution in [3.05, 3.63) is 42.5 Å². The van der Waals surface area contributed by atoms with Crippen LogP contribution in [0.25, 0.3) is 20.8 Å². The van der Waals surface area contributed by atoms with Crippen LogP contribution in [-0.2, 0) is 4.79 Å². The fraction of sp³-hybridized carbons (Fsp3) is 0.300. The van der Waals surface area contributed by atoms with Crippen LogP contribution in [0, 0.1) is 0 Å². The largest absolute Gasteiger partial charge is 0.497 e. The number of ether oxygens (including phenoxy) is 1. The molecule has 0 unspecified atom stereocenters. The highest BCUT2D eigenvalue weighted by atomic mass is 32.1. The summed E-state index contributed by atoms with van der Waals surface area (Å²) in [6.07, 6.45) is 2.38. The van der Waals surface area contributed by atoms with Gasteiger partial charge in [-0.05, 0) is 68.4 Å². The van der Waals surface area contributed by atoms with Crippen LogP contribution in [0.1, 0.15) is 12.8 Å². The summed E-state index contributed by atoms with van der Waals surface area (Å²) in [7, 11) is 1.67. The van der Waals surface area contributed by atoms with E-state index in [9.17, 15) is 4.79 Å².